The van der Waals surface area contributed by atoms with E-state index in [1.807, 2.05) is 12.1 Å². The third kappa shape index (κ3) is 3.41. The molecule has 0 spiro atoms. The first-order valence-electron chi connectivity index (χ1n) is 10.2. The number of hydrogen-bond donors (Lipinski definition) is 2. The lowest BCUT2D eigenvalue weighted by atomic mass is 9.88. The zero-order valence-corrected chi connectivity index (χ0v) is 15.8. The maximum absolute atomic E-state index is 12.2. The fourth-order valence-corrected chi connectivity index (χ4v) is 5.40. The van der Waals surface area contributed by atoms with E-state index in [0.717, 1.165) is 30.1 Å². The molecule has 0 radical (unpaired) electrons. The van der Waals surface area contributed by atoms with Crippen LogP contribution in [-0.4, -0.2) is 33.1 Å². The van der Waals surface area contributed by atoms with Crippen molar-refractivity contribution in [2.75, 3.05) is 11.9 Å². The number of anilines is 1. The van der Waals surface area contributed by atoms with Gasteiger partial charge in [-0.1, -0.05) is 0 Å². The van der Waals surface area contributed by atoms with E-state index < -0.39 is 11.8 Å². The van der Waals surface area contributed by atoms with Crippen molar-refractivity contribution < 1.29 is 9.59 Å². The van der Waals surface area contributed by atoms with E-state index in [2.05, 4.69) is 20.7 Å². The maximum atomic E-state index is 12.2. The minimum absolute atomic E-state index is 0.399. The second-order valence-corrected chi connectivity index (χ2v) is 8.45. The third-order valence-corrected chi connectivity index (χ3v) is 6.82. The van der Waals surface area contributed by atoms with Gasteiger partial charge >= 0.3 is 11.8 Å². The predicted molar refractivity (Wildman–Crippen MR) is 103 cm³/mol. The van der Waals surface area contributed by atoms with E-state index in [1.54, 1.807) is 29.3 Å². The summed E-state index contributed by atoms with van der Waals surface area (Å²) in [7, 11) is 0. The van der Waals surface area contributed by atoms with Gasteiger partial charge in [0.1, 0.15) is 0 Å². The number of fused-ring (bicyclic) bond motifs is 5. The van der Waals surface area contributed by atoms with E-state index in [1.165, 1.54) is 24.8 Å². The molecule has 7 nitrogen and oxygen atoms in total. The van der Waals surface area contributed by atoms with Crippen LogP contribution in [0.15, 0.2) is 36.8 Å². The highest BCUT2D eigenvalue weighted by Crippen LogP contribution is 2.67. The summed E-state index contributed by atoms with van der Waals surface area (Å²) in [5.41, 5.74) is 1.17. The molecular formula is C21H25N5O2. The second-order valence-electron chi connectivity index (χ2n) is 8.45. The number of pyridine rings is 1. The average molecular weight is 379 g/mol. The minimum atomic E-state index is -0.646. The number of nitrogens with one attached hydrogen (secondary N) is 2. The molecule has 3 aliphatic rings. The van der Waals surface area contributed by atoms with E-state index >= 15 is 0 Å². The van der Waals surface area contributed by atoms with Crippen LogP contribution < -0.4 is 10.6 Å². The zero-order valence-electron chi connectivity index (χ0n) is 15.8. The Hall–Kier alpha value is -2.70. The molecule has 0 aromatic carbocycles. The topological polar surface area (TPSA) is 88.9 Å². The number of aromatic nitrogens is 3. The number of aryl methyl sites for hydroxylation is 2. The molecule has 146 valence electrons. The van der Waals surface area contributed by atoms with Gasteiger partial charge in [-0.25, -0.2) is 0 Å². The van der Waals surface area contributed by atoms with Gasteiger partial charge in [0.2, 0.25) is 0 Å². The van der Waals surface area contributed by atoms with Crippen LogP contribution >= 0.6 is 0 Å². The Morgan fingerprint density at radius 2 is 1.89 bits per heavy atom. The van der Waals surface area contributed by atoms with Crippen molar-refractivity contribution in [3.8, 4) is 0 Å². The summed E-state index contributed by atoms with van der Waals surface area (Å²) in [5, 5.41) is 9.75. The normalized spacial score (nSPS) is 29.4. The van der Waals surface area contributed by atoms with Crippen LogP contribution in [0.25, 0.3) is 0 Å². The quantitative estimate of drug-likeness (QED) is 0.750. The van der Waals surface area contributed by atoms with Crippen LogP contribution in [0.2, 0.25) is 0 Å². The molecule has 2 bridgehead atoms. The van der Waals surface area contributed by atoms with Crippen LogP contribution in [-0.2, 0) is 22.6 Å². The molecule has 2 aromatic rings. The van der Waals surface area contributed by atoms with Gasteiger partial charge in [-0.05, 0) is 73.0 Å². The Labute approximate surface area is 163 Å². The van der Waals surface area contributed by atoms with Gasteiger partial charge in [0.15, 0.2) is 5.82 Å². The number of carbonyl (C=O) groups excluding carboxylic acids is 2. The van der Waals surface area contributed by atoms with Gasteiger partial charge in [0.25, 0.3) is 0 Å². The van der Waals surface area contributed by atoms with Crippen molar-refractivity contribution in [2.45, 2.75) is 32.2 Å². The van der Waals surface area contributed by atoms with Crippen molar-refractivity contribution in [1.82, 2.24) is 20.1 Å². The summed E-state index contributed by atoms with van der Waals surface area (Å²) in [6.45, 7) is 1.31. The smallest absolute Gasteiger partial charge is 0.314 e. The molecule has 5 unspecified atom stereocenters. The van der Waals surface area contributed by atoms with Gasteiger partial charge in [0.05, 0.1) is 0 Å². The first kappa shape index (κ1) is 17.4. The minimum Gasteiger partial charge on any atom is -0.348 e. The summed E-state index contributed by atoms with van der Waals surface area (Å²) in [6.07, 6.45) is 10.1. The number of rotatable bonds is 6. The Kier molecular flexibility index (Phi) is 4.37. The molecule has 7 heteroatoms. The molecule has 3 fully saturated rings. The molecule has 5 atom stereocenters. The van der Waals surface area contributed by atoms with Gasteiger partial charge in [-0.3, -0.25) is 19.3 Å². The number of carbonyl (C=O) groups is 2. The van der Waals surface area contributed by atoms with Crippen LogP contribution in [0.1, 0.15) is 24.8 Å². The predicted octanol–water partition coefficient (Wildman–Crippen LogP) is 1.87. The van der Waals surface area contributed by atoms with E-state index in [-0.39, 0.29) is 0 Å². The average Bonchev–Trinajstić information content (AvgIpc) is 3.06. The first-order valence-corrected chi connectivity index (χ1v) is 10.2. The molecule has 2 amide bonds. The van der Waals surface area contributed by atoms with Gasteiger partial charge in [-0.2, -0.15) is 5.10 Å². The van der Waals surface area contributed by atoms with Gasteiger partial charge in [-0.15, -0.1) is 0 Å². The Bertz CT molecular complexity index is 880. The number of nitrogens with zero attached hydrogens (tertiary/aromatic N) is 3. The van der Waals surface area contributed by atoms with Gasteiger partial charge in [0, 0.05) is 37.7 Å². The third-order valence-electron chi connectivity index (χ3n) is 6.82. The Morgan fingerprint density at radius 1 is 1.04 bits per heavy atom. The highest BCUT2D eigenvalue weighted by Gasteiger charge is 2.60. The fraction of sp³-hybridized carbons (Fsp3) is 0.524. The molecule has 2 heterocycles. The van der Waals surface area contributed by atoms with Gasteiger partial charge < -0.3 is 10.6 Å². The van der Waals surface area contributed by atoms with Crippen LogP contribution in [0.5, 0.6) is 0 Å². The molecule has 0 saturated heterocycles. The summed E-state index contributed by atoms with van der Waals surface area (Å²) >= 11 is 0. The van der Waals surface area contributed by atoms with Crippen LogP contribution in [0, 0.1) is 29.6 Å². The van der Waals surface area contributed by atoms with Crippen molar-refractivity contribution in [2.24, 2.45) is 29.6 Å². The lowest BCUT2D eigenvalue weighted by Gasteiger charge is -2.21. The fourth-order valence-electron chi connectivity index (χ4n) is 5.40. The SMILES string of the molecule is O=C(NCC1CC2CC1C1CC21)C(=O)Nc1ccn(CCc2ccncc2)n1. The maximum Gasteiger partial charge on any atom is 0.314 e. The van der Waals surface area contributed by atoms with E-state index in [9.17, 15) is 9.59 Å². The molecule has 3 saturated carbocycles. The molecular weight excluding hydrogens is 354 g/mol. The van der Waals surface area contributed by atoms with E-state index in [4.69, 9.17) is 0 Å². The number of amides is 2. The lowest BCUT2D eigenvalue weighted by Crippen LogP contribution is -2.39. The van der Waals surface area contributed by atoms with Crippen molar-refractivity contribution >= 4 is 17.6 Å². The Morgan fingerprint density at radius 3 is 2.68 bits per heavy atom. The largest absolute Gasteiger partial charge is 0.348 e. The van der Waals surface area contributed by atoms with Crippen molar-refractivity contribution in [3.63, 3.8) is 0 Å². The molecule has 2 N–H and O–H groups in total. The highest BCUT2D eigenvalue weighted by atomic mass is 16.2. The Balaban J connectivity index is 1.08. The second kappa shape index (κ2) is 7.04. The highest BCUT2D eigenvalue weighted by molar-refractivity contribution is 6.39. The van der Waals surface area contributed by atoms with Crippen molar-refractivity contribution in [3.05, 3.63) is 42.4 Å². The molecule has 2 aromatic heterocycles. The summed E-state index contributed by atoms with van der Waals surface area (Å²) in [5.74, 6) is 3.28. The summed E-state index contributed by atoms with van der Waals surface area (Å²) < 4.78 is 1.76. The zero-order chi connectivity index (χ0) is 19.1. The number of hydrogen-bond acceptors (Lipinski definition) is 4. The molecule has 0 aliphatic heterocycles. The molecule has 3 aliphatic carbocycles. The molecule has 5 rings (SSSR count). The van der Waals surface area contributed by atoms with Crippen LogP contribution in [0.4, 0.5) is 5.82 Å². The lowest BCUT2D eigenvalue weighted by molar-refractivity contribution is -0.136. The summed E-state index contributed by atoms with van der Waals surface area (Å²) in [4.78, 5) is 28.3. The molecule has 28 heavy (non-hydrogen) atoms. The standard InChI is InChI=1S/C21H25N5O2/c27-20(23-12-15-9-14-10-16(15)18-11-17(14)18)21(28)24-19-4-8-26(25-19)7-3-13-1-5-22-6-2-13/h1-2,4-6,8,14-18H,3,7,9-12H2,(H,23,27)(H,24,25,28). The van der Waals surface area contributed by atoms with E-state index in [0.29, 0.717) is 24.8 Å². The first-order chi connectivity index (χ1) is 13.7. The van der Waals surface area contributed by atoms with Crippen LogP contribution in [0.3, 0.4) is 0 Å². The van der Waals surface area contributed by atoms with Crippen molar-refractivity contribution in [1.29, 1.82) is 0 Å². The monoisotopic (exact) mass is 379 g/mol. The summed E-state index contributed by atoms with van der Waals surface area (Å²) in [6, 6.07) is 5.65.